The van der Waals surface area contributed by atoms with Gasteiger partial charge >= 0.3 is 6.09 Å². The smallest absolute Gasteiger partial charge is 0.414 e. The Kier molecular flexibility index (Phi) is 6.00. The van der Waals surface area contributed by atoms with Crippen LogP contribution < -0.4 is 0 Å². The van der Waals surface area contributed by atoms with E-state index < -0.39 is 0 Å². The van der Waals surface area contributed by atoms with Crippen LogP contribution in [0.4, 0.5) is 4.79 Å². The van der Waals surface area contributed by atoms with Crippen LogP contribution in [-0.2, 0) is 9.47 Å². The van der Waals surface area contributed by atoms with Crippen molar-refractivity contribution < 1.29 is 20.2 Å². The van der Waals surface area contributed by atoms with Crippen molar-refractivity contribution in [2.75, 3.05) is 20.2 Å². The van der Waals surface area contributed by atoms with Crippen LogP contribution in [0.2, 0.25) is 0 Å². The molecule has 1 aromatic carbocycles. The summed E-state index contributed by atoms with van der Waals surface area (Å²) in [4.78, 5) is 24.4. The predicted molar refractivity (Wildman–Crippen MR) is 140 cm³/mol. The van der Waals surface area contributed by atoms with Gasteiger partial charge < -0.3 is 18.6 Å². The lowest BCUT2D eigenvalue weighted by Gasteiger charge is -2.38. The van der Waals surface area contributed by atoms with E-state index in [-0.39, 0.29) is 31.4 Å². The van der Waals surface area contributed by atoms with Crippen LogP contribution in [-0.4, -0.2) is 58.3 Å². The summed E-state index contributed by atoms with van der Waals surface area (Å²) in [7, 11) is -0.00334. The molecule has 1 saturated carbocycles. The Balaban J connectivity index is 1.46. The minimum atomic E-state index is -0.328. The minimum Gasteiger partial charge on any atom is -0.449 e. The molecule has 3 aromatic rings. The topological polar surface area (TPSA) is 95.0 Å². The molecule has 37 heavy (non-hydrogen) atoms. The first-order chi connectivity index (χ1) is 18.5. The van der Waals surface area contributed by atoms with Crippen LogP contribution in [0.1, 0.15) is 69.3 Å². The maximum absolute atomic E-state index is 13.1. The number of allylic oxidation sites excluding steroid dienone is 1. The second-order valence-electron chi connectivity index (χ2n) is 10.1. The van der Waals surface area contributed by atoms with Crippen molar-refractivity contribution in [2.24, 2.45) is 4.99 Å². The quantitative estimate of drug-likeness (QED) is 0.444. The fourth-order valence-electron chi connectivity index (χ4n) is 6.08. The first-order valence-corrected chi connectivity index (χ1v) is 13.1. The van der Waals surface area contributed by atoms with E-state index in [9.17, 15) is 4.79 Å². The molecule has 0 radical (unpaired) electrons. The number of hydrogen-bond acceptors (Lipinski definition) is 7. The first kappa shape index (κ1) is 22.7. The fraction of sp³-hybridized carbons (Fsp3) is 0.500. The van der Waals surface area contributed by atoms with Crippen molar-refractivity contribution in [3.63, 3.8) is 0 Å². The zero-order valence-electron chi connectivity index (χ0n) is 22.4. The summed E-state index contributed by atoms with van der Waals surface area (Å²) in [5.41, 5.74) is 5.71. The van der Waals surface area contributed by atoms with Crippen molar-refractivity contribution in [2.45, 2.75) is 70.6 Å². The zero-order valence-corrected chi connectivity index (χ0v) is 21.4. The number of fused-ring (bicyclic) bond motifs is 1. The molecule has 0 unspecified atom stereocenters. The van der Waals surface area contributed by atoms with Crippen molar-refractivity contribution in [1.82, 2.24) is 19.6 Å². The highest BCUT2D eigenvalue weighted by Crippen LogP contribution is 2.41. The van der Waals surface area contributed by atoms with E-state index in [4.69, 9.17) is 20.4 Å². The number of methoxy groups -OCH3 is 1. The summed E-state index contributed by atoms with van der Waals surface area (Å²) in [6.45, 7) is 4.89. The number of ether oxygens (including phenoxy) is 2. The molecule has 0 N–H and O–H groups in total. The Morgan fingerprint density at radius 3 is 2.76 bits per heavy atom. The molecule has 3 aliphatic rings. The van der Waals surface area contributed by atoms with E-state index in [1.54, 1.807) is 11.1 Å². The highest BCUT2D eigenvalue weighted by molar-refractivity contribution is 5.84. The molecule has 2 aliphatic heterocycles. The van der Waals surface area contributed by atoms with Gasteiger partial charge in [0.1, 0.15) is 17.6 Å². The Hall–Kier alpha value is -3.46. The van der Waals surface area contributed by atoms with E-state index in [1.807, 2.05) is 19.9 Å². The van der Waals surface area contributed by atoms with Crippen molar-refractivity contribution >= 4 is 23.3 Å². The summed E-state index contributed by atoms with van der Waals surface area (Å²) in [5.74, 6) is 1.67. The third-order valence-electron chi connectivity index (χ3n) is 7.89. The predicted octanol–water partition coefficient (Wildman–Crippen LogP) is 5.68. The van der Waals surface area contributed by atoms with E-state index in [0.29, 0.717) is 26.0 Å². The number of benzene rings is 1. The van der Waals surface area contributed by atoms with Crippen LogP contribution in [0.5, 0.6) is 0 Å². The third kappa shape index (κ3) is 4.25. The van der Waals surface area contributed by atoms with E-state index in [0.717, 1.165) is 70.8 Å². The molecule has 9 nitrogen and oxygen atoms in total. The van der Waals surface area contributed by atoms with E-state index >= 15 is 0 Å². The van der Waals surface area contributed by atoms with Crippen LogP contribution in [0.15, 0.2) is 39.5 Å². The maximum atomic E-state index is 13.1. The van der Waals surface area contributed by atoms with Crippen molar-refractivity contribution in [3.8, 4) is 11.1 Å². The number of rotatable bonds is 5. The SMILES string of the molecule is [2H]CO[C@H]1CC[C@H](n2c([C@@H]3CCOC(=O)N3C3=CC=NCC3)nc3cc(-c4c(C)noc4C)ccc32)CC1. The van der Waals surface area contributed by atoms with Gasteiger partial charge in [-0.25, -0.2) is 9.78 Å². The average molecular weight is 505 g/mol. The number of carbonyl (C=O) groups is 1. The molecule has 6 rings (SSSR count). The van der Waals surface area contributed by atoms with Gasteiger partial charge in [-0.15, -0.1) is 0 Å². The molecular formula is C28H33N5O4. The van der Waals surface area contributed by atoms with Gasteiger partial charge in [-0.05, 0) is 63.3 Å². The largest absolute Gasteiger partial charge is 0.449 e. The number of dihydropyridines is 1. The molecule has 0 spiro atoms. The standard InChI is InChI=1S/C28H33N5O4/c1-17-26(18(2)37-31-17)19-4-9-24-23(16-19)30-27(32(24)20-5-7-22(35-3)8-6-20)25-12-15-36-28(34)33(25)21-10-13-29-14-11-21/h4,9-10,13,16,20,22,25H,5-8,11-12,14-15H2,1-3H3/t20-,22-,25-/m0/s1/i3D. The lowest BCUT2D eigenvalue weighted by Crippen LogP contribution is -2.41. The molecule has 2 aromatic heterocycles. The van der Waals surface area contributed by atoms with E-state index in [2.05, 4.69) is 32.9 Å². The second-order valence-corrected chi connectivity index (χ2v) is 10.1. The normalized spacial score (nSPS) is 24.8. The molecule has 2 fully saturated rings. The number of carbonyl (C=O) groups excluding carboxylic acids is 1. The van der Waals surface area contributed by atoms with E-state index in [1.165, 1.54) is 0 Å². The van der Waals surface area contributed by atoms with Crippen LogP contribution in [0.3, 0.4) is 0 Å². The monoisotopic (exact) mass is 504 g/mol. The summed E-state index contributed by atoms with van der Waals surface area (Å²) < 4.78 is 26.3. The Morgan fingerprint density at radius 1 is 1.16 bits per heavy atom. The summed E-state index contributed by atoms with van der Waals surface area (Å²) in [6.07, 6.45) is 8.50. The van der Waals surface area contributed by atoms with Gasteiger partial charge in [-0.2, -0.15) is 0 Å². The average Bonchev–Trinajstić information content (AvgIpc) is 3.48. The van der Waals surface area contributed by atoms with Gasteiger partial charge in [0, 0.05) is 50.0 Å². The summed E-state index contributed by atoms with van der Waals surface area (Å²) in [6, 6.07) is 6.35. The summed E-state index contributed by atoms with van der Waals surface area (Å²) in [5, 5.41) is 4.13. The zero-order chi connectivity index (χ0) is 26.2. The lowest BCUT2D eigenvalue weighted by molar-refractivity contribution is 0.0489. The lowest BCUT2D eigenvalue weighted by atomic mass is 9.92. The Bertz CT molecular complexity index is 1380. The number of cyclic esters (lactones) is 1. The maximum Gasteiger partial charge on any atom is 0.414 e. The summed E-state index contributed by atoms with van der Waals surface area (Å²) >= 11 is 0. The molecule has 4 heterocycles. The minimum absolute atomic E-state index is 0.00334. The molecule has 1 amide bonds. The molecule has 1 atom stereocenters. The molecule has 9 heteroatoms. The number of aryl methyl sites for hydroxylation is 2. The molecule has 1 saturated heterocycles. The second kappa shape index (κ2) is 9.78. The van der Waals surface area contributed by atoms with Crippen LogP contribution in [0, 0.1) is 13.8 Å². The molecule has 194 valence electrons. The van der Waals surface area contributed by atoms with Crippen LogP contribution >= 0.6 is 0 Å². The number of aliphatic imine (C=N–C) groups is 1. The van der Waals surface area contributed by atoms with Gasteiger partial charge in [0.15, 0.2) is 0 Å². The van der Waals surface area contributed by atoms with Gasteiger partial charge in [-0.1, -0.05) is 11.2 Å². The molecule has 0 bridgehead atoms. The Morgan fingerprint density at radius 2 is 2.03 bits per heavy atom. The van der Waals surface area contributed by atoms with Crippen LogP contribution in [0.25, 0.3) is 22.2 Å². The highest BCUT2D eigenvalue weighted by atomic mass is 16.6. The highest BCUT2D eigenvalue weighted by Gasteiger charge is 2.38. The fourth-order valence-corrected chi connectivity index (χ4v) is 6.08. The van der Waals surface area contributed by atoms with Crippen molar-refractivity contribution in [3.05, 3.63) is 47.3 Å². The molecular weight excluding hydrogens is 470 g/mol. The number of hydrogen-bond donors (Lipinski definition) is 0. The number of aromatic nitrogens is 3. The molecule has 1 aliphatic carbocycles. The number of nitrogens with zero attached hydrogens (tertiary/aromatic N) is 5. The third-order valence-corrected chi connectivity index (χ3v) is 7.89. The Labute approximate surface area is 217 Å². The van der Waals surface area contributed by atoms with Crippen molar-refractivity contribution in [1.29, 1.82) is 0 Å². The van der Waals surface area contributed by atoms with Gasteiger partial charge in [0.05, 0.1) is 30.8 Å². The number of amides is 1. The number of imidazole rings is 1. The van der Waals surface area contributed by atoms with Gasteiger partial charge in [0.2, 0.25) is 0 Å². The first-order valence-electron chi connectivity index (χ1n) is 13.8. The van der Waals surface area contributed by atoms with Gasteiger partial charge in [0.25, 0.3) is 0 Å². The van der Waals surface area contributed by atoms with Gasteiger partial charge in [-0.3, -0.25) is 9.89 Å².